The van der Waals surface area contributed by atoms with Crippen molar-refractivity contribution in [2.45, 2.75) is 0 Å². The molecule has 0 spiro atoms. The summed E-state index contributed by atoms with van der Waals surface area (Å²) in [7, 11) is 1.49. The maximum absolute atomic E-state index is 14.1. The number of aromatic nitrogens is 1. The van der Waals surface area contributed by atoms with Crippen molar-refractivity contribution in [2.24, 2.45) is 0 Å². The fourth-order valence-electron chi connectivity index (χ4n) is 2.19. The Hall–Kier alpha value is -1.85. The second-order valence-electron chi connectivity index (χ2n) is 3.72. The van der Waals surface area contributed by atoms with Crippen LogP contribution in [-0.4, -0.2) is 29.3 Å². The number of hydrogen-bond acceptors (Lipinski definition) is 1. The number of rotatable bonds is 1. The highest BCUT2D eigenvalue weighted by Gasteiger charge is 2.51. The molecule has 3 heterocycles. The quantitative estimate of drug-likeness (QED) is 0.661. The van der Waals surface area contributed by atoms with Crippen molar-refractivity contribution in [3.05, 3.63) is 41.9 Å². The Bertz CT molecular complexity index is 557. The van der Waals surface area contributed by atoms with Gasteiger partial charge in [-0.15, -0.1) is 0 Å². The third-order valence-electron chi connectivity index (χ3n) is 2.90. The van der Waals surface area contributed by atoms with Crippen molar-refractivity contribution in [1.82, 2.24) is 4.48 Å². The summed E-state index contributed by atoms with van der Waals surface area (Å²) in [5, 5.41) is 0. The Morgan fingerprint density at radius 1 is 1.44 bits per heavy atom. The second kappa shape index (κ2) is 2.84. The molecule has 0 N–H and O–H groups in total. The normalized spacial score (nSPS) is 20.6. The first kappa shape index (κ1) is 9.39. The molecule has 0 saturated heterocycles. The number of hydrogen-bond donors (Lipinski definition) is 0. The molecular weight excluding hydrogens is 213 g/mol. The van der Waals surface area contributed by atoms with Crippen LogP contribution in [0, 0.1) is 0 Å². The number of halogens is 2. The van der Waals surface area contributed by atoms with Crippen LogP contribution < -0.4 is 0 Å². The standard InChI is InChI=1S/C10H9BF2N2O/c1-16-10-8-4-2-6-14(8)11(12,13)15-7-3-5-9(10)15/h2-7H,1H3. The molecule has 0 atom stereocenters. The zero-order valence-corrected chi connectivity index (χ0v) is 8.60. The van der Waals surface area contributed by atoms with Crippen LogP contribution in [0.1, 0.15) is 5.69 Å². The maximum Gasteiger partial charge on any atom is 0.737 e. The lowest BCUT2D eigenvalue weighted by Gasteiger charge is -2.29. The van der Waals surface area contributed by atoms with Gasteiger partial charge in [-0.05, 0) is 18.3 Å². The van der Waals surface area contributed by atoms with Crippen LogP contribution in [0.4, 0.5) is 8.63 Å². The molecule has 0 fully saturated rings. The van der Waals surface area contributed by atoms with Gasteiger partial charge < -0.3 is 22.3 Å². The van der Waals surface area contributed by atoms with Crippen LogP contribution in [-0.2, 0) is 4.74 Å². The first-order valence-corrected chi connectivity index (χ1v) is 4.94. The van der Waals surface area contributed by atoms with Crippen LogP contribution in [0.5, 0.6) is 0 Å². The van der Waals surface area contributed by atoms with Crippen molar-refractivity contribution < 1.29 is 17.9 Å². The summed E-state index contributed by atoms with van der Waals surface area (Å²) in [4.78, 5) is 0. The van der Waals surface area contributed by atoms with Crippen molar-refractivity contribution in [2.75, 3.05) is 7.11 Å². The fraction of sp³-hybridized carbons (Fsp3) is 0.100. The summed E-state index contributed by atoms with van der Waals surface area (Å²) in [6.07, 6.45) is 5.97. The van der Waals surface area contributed by atoms with Crippen molar-refractivity contribution >= 4 is 18.9 Å². The fourth-order valence-corrected chi connectivity index (χ4v) is 2.19. The molecule has 3 nitrogen and oxygen atoms in total. The van der Waals surface area contributed by atoms with E-state index < -0.39 is 6.97 Å². The van der Waals surface area contributed by atoms with E-state index in [1.165, 1.54) is 19.5 Å². The molecule has 3 rings (SSSR count). The molecule has 0 unspecified atom stereocenters. The number of nitrogens with zero attached hydrogens (tertiary/aromatic N) is 2. The number of ether oxygens (including phenoxy) is 1. The van der Waals surface area contributed by atoms with Crippen molar-refractivity contribution in [3.8, 4) is 0 Å². The van der Waals surface area contributed by atoms with Gasteiger partial charge in [0.1, 0.15) is 6.21 Å². The maximum atomic E-state index is 14.1. The van der Waals surface area contributed by atoms with Gasteiger partial charge in [0.2, 0.25) is 11.5 Å². The lowest BCUT2D eigenvalue weighted by atomic mass is 9.91. The summed E-state index contributed by atoms with van der Waals surface area (Å²) in [5.74, 6) is 0.475. The molecule has 2 aliphatic heterocycles. The summed E-state index contributed by atoms with van der Waals surface area (Å²) < 4.78 is 35.3. The van der Waals surface area contributed by atoms with Gasteiger partial charge in [-0.3, -0.25) is 0 Å². The zero-order valence-electron chi connectivity index (χ0n) is 8.60. The minimum atomic E-state index is -3.79. The van der Waals surface area contributed by atoms with Gasteiger partial charge in [0, 0.05) is 12.2 Å². The van der Waals surface area contributed by atoms with E-state index in [2.05, 4.69) is 0 Å². The monoisotopic (exact) mass is 222 g/mol. The van der Waals surface area contributed by atoms with Crippen LogP contribution in [0.25, 0.3) is 5.76 Å². The Kier molecular flexibility index (Phi) is 1.67. The Morgan fingerprint density at radius 3 is 3.00 bits per heavy atom. The Balaban J connectivity index is 2.35. The zero-order chi connectivity index (χ0) is 11.3. The molecule has 0 aliphatic carbocycles. The van der Waals surface area contributed by atoms with E-state index in [9.17, 15) is 8.63 Å². The average molecular weight is 222 g/mol. The molecule has 0 aromatic carbocycles. The van der Waals surface area contributed by atoms with Gasteiger partial charge in [-0.25, -0.2) is 0 Å². The topological polar surface area (TPSA) is 17.2 Å². The predicted molar refractivity (Wildman–Crippen MR) is 57.2 cm³/mol. The second-order valence-corrected chi connectivity index (χ2v) is 3.72. The third-order valence-corrected chi connectivity index (χ3v) is 2.90. The van der Waals surface area contributed by atoms with Crippen LogP contribution in [0.2, 0.25) is 0 Å². The number of fused-ring (bicyclic) bond motifs is 2. The van der Waals surface area contributed by atoms with E-state index in [1.807, 2.05) is 0 Å². The molecule has 0 saturated carbocycles. The molecule has 6 heteroatoms. The van der Waals surface area contributed by atoms with Gasteiger partial charge in [0.25, 0.3) is 0 Å². The first-order valence-electron chi connectivity index (χ1n) is 4.94. The molecule has 82 valence electrons. The molecular formula is C10H9BF2N2O. The highest BCUT2D eigenvalue weighted by Crippen LogP contribution is 2.34. The summed E-state index contributed by atoms with van der Waals surface area (Å²) in [6.45, 7) is -3.79. The van der Waals surface area contributed by atoms with Crippen LogP contribution in [0.15, 0.2) is 36.2 Å². The first-order chi connectivity index (χ1) is 7.66. The molecule has 1 aromatic rings. The van der Waals surface area contributed by atoms with Crippen molar-refractivity contribution in [3.63, 3.8) is 0 Å². The van der Waals surface area contributed by atoms with E-state index in [4.69, 9.17) is 4.74 Å². The minimum absolute atomic E-state index is 0.415. The van der Waals surface area contributed by atoms with E-state index in [-0.39, 0.29) is 0 Å². The lowest BCUT2D eigenvalue weighted by molar-refractivity contribution is -0.358. The van der Waals surface area contributed by atoms with Crippen LogP contribution >= 0.6 is 0 Å². The summed E-state index contributed by atoms with van der Waals surface area (Å²) in [6, 6.07) is 3.22. The highest BCUT2D eigenvalue weighted by molar-refractivity contribution is 6.57. The molecule has 2 aliphatic rings. The molecule has 0 radical (unpaired) electrons. The lowest BCUT2D eigenvalue weighted by Crippen LogP contribution is -2.49. The molecule has 0 amide bonds. The van der Waals surface area contributed by atoms with Crippen LogP contribution in [0.3, 0.4) is 0 Å². The number of methoxy groups -OCH3 is 1. The Labute approximate surface area is 91.0 Å². The molecule has 16 heavy (non-hydrogen) atoms. The summed E-state index contributed by atoms with van der Waals surface area (Å²) in [5.41, 5.74) is 0.831. The minimum Gasteiger partial charge on any atom is -0.489 e. The summed E-state index contributed by atoms with van der Waals surface area (Å²) >= 11 is 0. The van der Waals surface area contributed by atoms with E-state index >= 15 is 0 Å². The van der Waals surface area contributed by atoms with E-state index in [1.54, 1.807) is 24.3 Å². The van der Waals surface area contributed by atoms with Gasteiger partial charge in [-0.2, -0.15) is 0 Å². The third kappa shape index (κ3) is 0.938. The van der Waals surface area contributed by atoms with Gasteiger partial charge in [0.05, 0.1) is 12.8 Å². The Morgan fingerprint density at radius 2 is 2.25 bits per heavy atom. The van der Waals surface area contributed by atoms with E-state index in [0.717, 1.165) is 8.96 Å². The number of allylic oxidation sites excluding steroid dienone is 2. The smallest absolute Gasteiger partial charge is 0.489 e. The molecule has 0 bridgehead atoms. The van der Waals surface area contributed by atoms with Gasteiger partial charge in [0.15, 0.2) is 0 Å². The predicted octanol–water partition coefficient (Wildman–Crippen LogP) is 1.69. The van der Waals surface area contributed by atoms with E-state index in [0.29, 0.717) is 17.2 Å². The molecule has 1 aromatic heterocycles. The highest BCUT2D eigenvalue weighted by atomic mass is 19.2. The average Bonchev–Trinajstić information content (AvgIpc) is 2.85. The van der Waals surface area contributed by atoms with Gasteiger partial charge >= 0.3 is 6.97 Å². The SMILES string of the molecule is COC1=C2C=CC=[N+]2[B-](F)(F)n2cccc21. The van der Waals surface area contributed by atoms with Gasteiger partial charge in [-0.1, -0.05) is 0 Å². The largest absolute Gasteiger partial charge is 0.737 e. The van der Waals surface area contributed by atoms with Crippen molar-refractivity contribution in [1.29, 1.82) is 0 Å².